The number of amides is 1. The van der Waals surface area contributed by atoms with Gasteiger partial charge < -0.3 is 31.2 Å². The Morgan fingerprint density at radius 2 is 1.48 bits per heavy atom. The molecule has 0 aliphatic carbocycles. The average molecular weight is 379 g/mol. The molecule has 9 heteroatoms. The molecule has 2 aromatic rings. The Morgan fingerprint density at radius 3 is 2.04 bits per heavy atom. The van der Waals surface area contributed by atoms with Gasteiger partial charge in [0.05, 0.1) is 11.1 Å². The van der Waals surface area contributed by atoms with Crippen LogP contribution in [-0.2, 0) is 11.2 Å². The molecular weight excluding hydrogens is 358 g/mol. The number of carboxylic acids is 2. The summed E-state index contributed by atoms with van der Waals surface area (Å²) in [7, 11) is 0. The summed E-state index contributed by atoms with van der Waals surface area (Å²) >= 11 is 0. The average Bonchev–Trinajstić information content (AvgIpc) is 2.60. The van der Waals surface area contributed by atoms with Gasteiger partial charge in [-0.2, -0.15) is 0 Å². The first-order chi connectivity index (χ1) is 12.0. The number of carboxylic acid groups (broad SMARTS) is 2. The fourth-order valence-corrected chi connectivity index (χ4v) is 2.18. The minimum absolute atomic E-state index is 0. The molecule has 27 heavy (non-hydrogen) atoms. The van der Waals surface area contributed by atoms with Gasteiger partial charge in [-0.15, -0.1) is 0 Å². The van der Waals surface area contributed by atoms with Crippen LogP contribution in [-0.4, -0.2) is 52.2 Å². The number of carbonyl (C=O) groups is 3. The van der Waals surface area contributed by atoms with Gasteiger partial charge in [0, 0.05) is 6.54 Å². The number of ether oxygens (including phenoxy) is 1. The number of benzene rings is 2. The number of rotatable bonds is 8. The molecule has 0 aliphatic heterocycles. The molecule has 0 aromatic heterocycles. The maximum absolute atomic E-state index is 12.1. The second-order valence-electron chi connectivity index (χ2n) is 5.18. The van der Waals surface area contributed by atoms with Gasteiger partial charge >= 0.3 is 11.9 Å². The SMILES string of the molecule is O.O.O=C(O)COc1ccc(CCNC(=O)c2ccccc2C(=O)O)cc1. The first kappa shape index (κ1) is 23.6. The number of hydrogen-bond donors (Lipinski definition) is 3. The third-order valence-electron chi connectivity index (χ3n) is 3.39. The number of aliphatic carboxylic acids is 1. The van der Waals surface area contributed by atoms with E-state index in [0.717, 1.165) is 5.56 Å². The van der Waals surface area contributed by atoms with Crippen molar-refractivity contribution in [3.8, 4) is 5.75 Å². The Hall–Kier alpha value is -3.43. The summed E-state index contributed by atoms with van der Waals surface area (Å²) in [4.78, 5) is 33.7. The zero-order valence-electron chi connectivity index (χ0n) is 14.3. The fourth-order valence-electron chi connectivity index (χ4n) is 2.18. The molecule has 0 atom stereocenters. The summed E-state index contributed by atoms with van der Waals surface area (Å²) in [6, 6.07) is 12.9. The molecule has 146 valence electrons. The van der Waals surface area contributed by atoms with E-state index in [2.05, 4.69) is 5.32 Å². The van der Waals surface area contributed by atoms with Gasteiger partial charge in [-0.25, -0.2) is 9.59 Å². The van der Waals surface area contributed by atoms with Crippen molar-refractivity contribution in [3.05, 3.63) is 65.2 Å². The monoisotopic (exact) mass is 379 g/mol. The lowest BCUT2D eigenvalue weighted by Gasteiger charge is -2.08. The largest absolute Gasteiger partial charge is 0.482 e. The maximum Gasteiger partial charge on any atom is 0.341 e. The van der Waals surface area contributed by atoms with E-state index in [1.165, 1.54) is 12.1 Å². The van der Waals surface area contributed by atoms with E-state index in [-0.39, 0.29) is 22.1 Å². The number of aromatic carboxylic acids is 1. The van der Waals surface area contributed by atoms with Crippen LogP contribution in [0.2, 0.25) is 0 Å². The van der Waals surface area contributed by atoms with Crippen molar-refractivity contribution < 1.29 is 40.3 Å². The van der Waals surface area contributed by atoms with Crippen molar-refractivity contribution >= 4 is 17.8 Å². The lowest BCUT2D eigenvalue weighted by molar-refractivity contribution is -0.139. The fraction of sp³-hybridized carbons (Fsp3) is 0.167. The molecular formula is C18H21NO8. The van der Waals surface area contributed by atoms with Crippen molar-refractivity contribution in [3.63, 3.8) is 0 Å². The molecule has 0 heterocycles. The normalized spacial score (nSPS) is 9.33. The van der Waals surface area contributed by atoms with Gasteiger partial charge in [-0.05, 0) is 36.2 Å². The zero-order chi connectivity index (χ0) is 18.2. The summed E-state index contributed by atoms with van der Waals surface area (Å²) in [5, 5.41) is 20.3. The first-order valence-corrected chi connectivity index (χ1v) is 7.51. The molecule has 2 aromatic carbocycles. The highest BCUT2D eigenvalue weighted by Crippen LogP contribution is 2.13. The Kier molecular flexibility index (Phi) is 9.81. The van der Waals surface area contributed by atoms with E-state index in [1.54, 1.807) is 36.4 Å². The van der Waals surface area contributed by atoms with E-state index < -0.39 is 24.5 Å². The molecule has 0 saturated heterocycles. The molecule has 2 rings (SSSR count). The minimum atomic E-state index is -1.15. The van der Waals surface area contributed by atoms with Crippen molar-refractivity contribution in [2.45, 2.75) is 6.42 Å². The van der Waals surface area contributed by atoms with Gasteiger partial charge in [0.15, 0.2) is 6.61 Å². The van der Waals surface area contributed by atoms with Crippen LogP contribution in [0.3, 0.4) is 0 Å². The Bertz CT molecular complexity index is 773. The summed E-state index contributed by atoms with van der Waals surface area (Å²) in [6.07, 6.45) is 0.542. The van der Waals surface area contributed by atoms with E-state index in [9.17, 15) is 14.4 Å². The predicted octanol–water partition coefficient (Wildman–Crippen LogP) is 0.171. The van der Waals surface area contributed by atoms with Crippen molar-refractivity contribution in [1.82, 2.24) is 5.32 Å². The molecule has 0 bridgehead atoms. The number of hydrogen-bond acceptors (Lipinski definition) is 4. The van der Waals surface area contributed by atoms with Gasteiger partial charge in [0.1, 0.15) is 5.75 Å². The molecule has 0 unspecified atom stereocenters. The highest BCUT2D eigenvalue weighted by molar-refractivity contribution is 6.04. The summed E-state index contributed by atoms with van der Waals surface area (Å²) in [6.45, 7) is -0.0689. The maximum atomic E-state index is 12.1. The predicted molar refractivity (Wildman–Crippen MR) is 96.2 cm³/mol. The lowest BCUT2D eigenvalue weighted by atomic mass is 10.1. The van der Waals surface area contributed by atoms with Crippen LogP contribution in [0.5, 0.6) is 5.75 Å². The highest BCUT2D eigenvalue weighted by Gasteiger charge is 2.15. The molecule has 0 radical (unpaired) electrons. The zero-order valence-corrected chi connectivity index (χ0v) is 14.3. The third kappa shape index (κ3) is 7.14. The van der Waals surface area contributed by atoms with Gasteiger partial charge in [0.2, 0.25) is 0 Å². The summed E-state index contributed by atoms with van der Waals surface area (Å²) in [5.74, 6) is -2.19. The Morgan fingerprint density at radius 1 is 0.889 bits per heavy atom. The van der Waals surface area contributed by atoms with Crippen molar-refractivity contribution in [2.24, 2.45) is 0 Å². The van der Waals surface area contributed by atoms with E-state index in [1.807, 2.05) is 0 Å². The Balaban J connectivity index is 0.00000338. The van der Waals surface area contributed by atoms with E-state index in [4.69, 9.17) is 14.9 Å². The minimum Gasteiger partial charge on any atom is -0.482 e. The molecule has 0 spiro atoms. The van der Waals surface area contributed by atoms with Gasteiger partial charge in [-0.1, -0.05) is 24.3 Å². The van der Waals surface area contributed by atoms with Crippen LogP contribution in [0.1, 0.15) is 26.3 Å². The van der Waals surface area contributed by atoms with Crippen molar-refractivity contribution in [1.29, 1.82) is 0 Å². The molecule has 9 nitrogen and oxygen atoms in total. The van der Waals surface area contributed by atoms with Crippen LogP contribution < -0.4 is 10.1 Å². The molecule has 0 aliphatic rings. The third-order valence-corrected chi connectivity index (χ3v) is 3.39. The highest BCUT2D eigenvalue weighted by atomic mass is 16.5. The summed E-state index contributed by atoms with van der Waals surface area (Å²) in [5.41, 5.74) is 1.00. The molecule has 7 N–H and O–H groups in total. The van der Waals surface area contributed by atoms with Crippen LogP contribution in [0, 0.1) is 0 Å². The van der Waals surface area contributed by atoms with Crippen LogP contribution in [0.25, 0.3) is 0 Å². The molecule has 0 fully saturated rings. The summed E-state index contributed by atoms with van der Waals surface area (Å²) < 4.78 is 5.03. The van der Waals surface area contributed by atoms with Crippen LogP contribution in [0.15, 0.2) is 48.5 Å². The van der Waals surface area contributed by atoms with Crippen LogP contribution in [0.4, 0.5) is 0 Å². The van der Waals surface area contributed by atoms with E-state index >= 15 is 0 Å². The Labute approximate surface area is 154 Å². The quantitative estimate of drug-likeness (QED) is 0.589. The first-order valence-electron chi connectivity index (χ1n) is 7.51. The van der Waals surface area contributed by atoms with Gasteiger partial charge in [-0.3, -0.25) is 4.79 Å². The van der Waals surface area contributed by atoms with Crippen molar-refractivity contribution in [2.75, 3.05) is 13.2 Å². The topological polar surface area (TPSA) is 176 Å². The molecule has 1 amide bonds. The van der Waals surface area contributed by atoms with Gasteiger partial charge in [0.25, 0.3) is 5.91 Å². The van der Waals surface area contributed by atoms with Crippen LogP contribution >= 0.6 is 0 Å². The second-order valence-corrected chi connectivity index (χ2v) is 5.18. The van der Waals surface area contributed by atoms with E-state index in [0.29, 0.717) is 18.7 Å². The molecule has 0 saturated carbocycles. The lowest BCUT2D eigenvalue weighted by Crippen LogP contribution is -2.27. The smallest absolute Gasteiger partial charge is 0.341 e. The number of carbonyl (C=O) groups excluding carboxylic acids is 1. The standard InChI is InChI=1S/C18H17NO6.2H2O/c20-16(21)11-25-13-7-5-12(6-8-13)9-10-19-17(22)14-3-1-2-4-15(14)18(23)24;;/h1-8H,9-11H2,(H,19,22)(H,20,21)(H,23,24);2*1H2. The number of nitrogens with one attached hydrogen (secondary N) is 1. The second kappa shape index (κ2) is 11.2.